The van der Waals surface area contributed by atoms with Gasteiger partial charge in [0.1, 0.15) is 24.4 Å². The van der Waals surface area contributed by atoms with Crippen LogP contribution in [-0.2, 0) is 7.05 Å². The average Bonchev–Trinajstić information content (AvgIpc) is 3.28. The van der Waals surface area contributed by atoms with E-state index in [4.69, 9.17) is 4.42 Å². The summed E-state index contributed by atoms with van der Waals surface area (Å²) in [5.74, 6) is -0.546. The van der Waals surface area contributed by atoms with Crippen molar-refractivity contribution in [1.82, 2.24) is 4.98 Å². The molecule has 0 saturated heterocycles. The number of aryl methyl sites for hydroxylation is 2. The fourth-order valence-electron chi connectivity index (χ4n) is 4.85. The van der Waals surface area contributed by atoms with E-state index >= 15 is 0 Å². The Kier molecular flexibility index (Phi) is 5.09. The number of benzene rings is 4. The van der Waals surface area contributed by atoms with Crippen LogP contribution in [0.5, 0.6) is 0 Å². The van der Waals surface area contributed by atoms with Gasteiger partial charge in [-0.15, -0.1) is 0 Å². The number of furan rings is 1. The molecule has 0 amide bonds. The van der Waals surface area contributed by atoms with Crippen LogP contribution in [0.25, 0.3) is 55.4 Å². The molecular formula is C31H21FN3O+. The van der Waals surface area contributed by atoms with Gasteiger partial charge in [0, 0.05) is 16.3 Å². The first-order valence-corrected chi connectivity index (χ1v) is 11.6. The van der Waals surface area contributed by atoms with Gasteiger partial charge in [0.15, 0.2) is 0 Å². The predicted octanol–water partition coefficient (Wildman–Crippen LogP) is 7.13. The maximum absolute atomic E-state index is 13.7. The van der Waals surface area contributed by atoms with Crippen LogP contribution < -0.4 is 4.57 Å². The quantitative estimate of drug-likeness (QED) is 0.259. The number of rotatable bonds is 3. The second kappa shape index (κ2) is 8.44. The number of nitriles is 1. The second-order valence-corrected chi connectivity index (χ2v) is 8.90. The minimum Gasteiger partial charge on any atom is -0.454 e. The Hall–Kier alpha value is -4.82. The van der Waals surface area contributed by atoms with E-state index in [-0.39, 0.29) is 0 Å². The molecule has 4 nitrogen and oxygen atoms in total. The van der Waals surface area contributed by atoms with Crippen molar-refractivity contribution >= 4 is 21.9 Å². The Morgan fingerprint density at radius 1 is 0.861 bits per heavy atom. The van der Waals surface area contributed by atoms with Gasteiger partial charge in [-0.25, -0.2) is 4.98 Å². The highest BCUT2D eigenvalue weighted by Gasteiger charge is 2.23. The lowest BCUT2D eigenvalue weighted by Crippen LogP contribution is -2.32. The molecule has 2 aromatic heterocycles. The van der Waals surface area contributed by atoms with Crippen molar-refractivity contribution in [3.05, 3.63) is 108 Å². The summed E-state index contributed by atoms with van der Waals surface area (Å²) in [6.45, 7) is 2.00. The Morgan fingerprint density at radius 2 is 1.64 bits per heavy atom. The fourth-order valence-corrected chi connectivity index (χ4v) is 4.85. The van der Waals surface area contributed by atoms with E-state index in [1.165, 1.54) is 12.4 Å². The molecule has 0 spiro atoms. The van der Waals surface area contributed by atoms with E-state index in [0.29, 0.717) is 16.7 Å². The number of nitrogens with zero attached hydrogens (tertiary/aromatic N) is 3. The normalized spacial score (nSPS) is 11.2. The summed E-state index contributed by atoms with van der Waals surface area (Å²) in [5, 5.41) is 11.6. The first-order chi connectivity index (χ1) is 17.5. The summed E-state index contributed by atoms with van der Waals surface area (Å²) in [5.41, 5.74) is 8.54. The highest BCUT2D eigenvalue weighted by Crippen LogP contribution is 2.41. The molecule has 2 heterocycles. The van der Waals surface area contributed by atoms with E-state index in [1.807, 2.05) is 61.5 Å². The molecule has 0 aliphatic carbocycles. The summed E-state index contributed by atoms with van der Waals surface area (Å²) < 4.78 is 22.0. The van der Waals surface area contributed by atoms with Crippen LogP contribution in [0.15, 0.2) is 95.7 Å². The summed E-state index contributed by atoms with van der Waals surface area (Å²) in [7, 11) is 1.79. The zero-order valence-electron chi connectivity index (χ0n) is 19.8. The van der Waals surface area contributed by atoms with Crippen molar-refractivity contribution in [2.75, 3.05) is 0 Å². The summed E-state index contributed by atoms with van der Waals surface area (Å²) >= 11 is 0. The van der Waals surface area contributed by atoms with Crippen molar-refractivity contribution in [3.8, 4) is 39.6 Å². The van der Waals surface area contributed by atoms with Crippen LogP contribution in [-0.4, -0.2) is 4.98 Å². The Labute approximate surface area is 207 Å². The molecular weight excluding hydrogens is 449 g/mol. The zero-order valence-corrected chi connectivity index (χ0v) is 19.8. The van der Waals surface area contributed by atoms with Crippen LogP contribution in [0, 0.1) is 24.2 Å². The maximum atomic E-state index is 13.7. The smallest absolute Gasteiger partial charge is 0.277 e. The average molecular weight is 471 g/mol. The van der Waals surface area contributed by atoms with Gasteiger partial charge in [-0.3, -0.25) is 0 Å². The third kappa shape index (κ3) is 3.52. The van der Waals surface area contributed by atoms with Crippen LogP contribution in [0.3, 0.4) is 0 Å². The lowest BCUT2D eigenvalue weighted by atomic mass is 9.95. The van der Waals surface area contributed by atoms with Crippen LogP contribution >= 0.6 is 0 Å². The number of fused-ring (bicyclic) bond motifs is 3. The van der Waals surface area contributed by atoms with E-state index < -0.39 is 5.95 Å². The molecule has 0 atom stereocenters. The standard InChI is InChI=1S/C31H21FN3O/c1-19-11-12-24-26-14-20(16-33)13-25(23-10-6-9-22(15-23)21-7-4-3-5-8-21)30(26)36-31(24)29(19)27-17-34-28(32)18-35(27)2/h3-15,17-18H,1-2H3/q+1. The molecule has 0 N–H and O–H groups in total. The fraction of sp³-hybridized carbons (Fsp3) is 0.0645. The van der Waals surface area contributed by atoms with Crippen molar-refractivity contribution in [2.24, 2.45) is 7.05 Å². The van der Waals surface area contributed by atoms with E-state index in [0.717, 1.165) is 49.8 Å². The number of aromatic nitrogens is 2. The molecule has 0 bridgehead atoms. The molecule has 0 fully saturated rings. The van der Waals surface area contributed by atoms with Crippen molar-refractivity contribution in [1.29, 1.82) is 5.26 Å². The number of halogens is 1. The minimum atomic E-state index is -0.546. The molecule has 5 heteroatoms. The second-order valence-electron chi connectivity index (χ2n) is 8.90. The van der Waals surface area contributed by atoms with Crippen molar-refractivity contribution in [3.63, 3.8) is 0 Å². The van der Waals surface area contributed by atoms with Crippen molar-refractivity contribution in [2.45, 2.75) is 6.92 Å². The largest absolute Gasteiger partial charge is 0.454 e. The van der Waals surface area contributed by atoms with Gasteiger partial charge in [0.25, 0.3) is 5.95 Å². The molecule has 4 aromatic carbocycles. The lowest BCUT2D eigenvalue weighted by molar-refractivity contribution is -0.662. The van der Waals surface area contributed by atoms with Gasteiger partial charge < -0.3 is 4.42 Å². The predicted molar refractivity (Wildman–Crippen MR) is 138 cm³/mol. The Bertz CT molecular complexity index is 1830. The molecule has 6 rings (SSSR count). The zero-order chi connectivity index (χ0) is 24.8. The molecule has 0 aliphatic rings. The molecule has 6 aromatic rings. The molecule has 172 valence electrons. The first-order valence-electron chi connectivity index (χ1n) is 11.6. The molecule has 36 heavy (non-hydrogen) atoms. The third-order valence-electron chi connectivity index (χ3n) is 6.61. The molecule has 0 saturated carbocycles. The number of hydrogen-bond donors (Lipinski definition) is 0. The van der Waals surface area contributed by atoms with Gasteiger partial charge in [0.05, 0.1) is 17.2 Å². The van der Waals surface area contributed by atoms with E-state index in [2.05, 4.69) is 35.3 Å². The monoisotopic (exact) mass is 470 g/mol. The van der Waals surface area contributed by atoms with Crippen LogP contribution in [0.2, 0.25) is 0 Å². The maximum Gasteiger partial charge on any atom is 0.277 e. The van der Waals surface area contributed by atoms with Crippen LogP contribution in [0.1, 0.15) is 11.1 Å². The van der Waals surface area contributed by atoms with Gasteiger partial charge in [0.2, 0.25) is 11.9 Å². The highest BCUT2D eigenvalue weighted by atomic mass is 19.1. The molecule has 0 unspecified atom stereocenters. The lowest BCUT2D eigenvalue weighted by Gasteiger charge is -2.07. The van der Waals surface area contributed by atoms with Crippen molar-refractivity contribution < 1.29 is 13.4 Å². The minimum absolute atomic E-state index is 0.546. The van der Waals surface area contributed by atoms with Crippen LogP contribution in [0.4, 0.5) is 4.39 Å². The van der Waals surface area contributed by atoms with E-state index in [9.17, 15) is 9.65 Å². The molecule has 0 aliphatic heterocycles. The van der Waals surface area contributed by atoms with Gasteiger partial charge >= 0.3 is 0 Å². The third-order valence-corrected chi connectivity index (χ3v) is 6.61. The van der Waals surface area contributed by atoms with Gasteiger partial charge in [-0.2, -0.15) is 14.2 Å². The highest BCUT2D eigenvalue weighted by molar-refractivity contribution is 6.13. The Balaban J connectivity index is 1.65. The first kappa shape index (κ1) is 21.7. The van der Waals surface area contributed by atoms with Gasteiger partial charge in [-0.05, 0) is 47.4 Å². The number of hydrogen-bond acceptors (Lipinski definition) is 3. The van der Waals surface area contributed by atoms with Gasteiger partial charge in [-0.1, -0.05) is 60.7 Å². The summed E-state index contributed by atoms with van der Waals surface area (Å²) in [6.07, 6.45) is 2.87. The van der Waals surface area contributed by atoms with E-state index in [1.54, 1.807) is 11.6 Å². The summed E-state index contributed by atoms with van der Waals surface area (Å²) in [4.78, 5) is 3.88. The SMILES string of the molecule is Cc1ccc2c(oc3c(-c4cccc(-c5ccccc5)c4)cc(C#N)cc32)c1-c1cnc(F)c[n+]1C. The topological polar surface area (TPSA) is 53.7 Å². The summed E-state index contributed by atoms with van der Waals surface area (Å²) in [6, 6.07) is 28.5. The Morgan fingerprint density at radius 3 is 2.42 bits per heavy atom. The molecule has 0 radical (unpaired) electrons.